The third-order valence-electron chi connectivity index (χ3n) is 2.92. The second kappa shape index (κ2) is 7.31. The Balaban J connectivity index is 0.000000188. The Bertz CT molecular complexity index is 631. The number of alkyl carbamates (subject to hydrolysis) is 1. The van der Waals surface area contributed by atoms with Crippen molar-refractivity contribution >= 4 is 22.0 Å². The molecule has 2 heterocycles. The third kappa shape index (κ3) is 4.49. The molecule has 22 heavy (non-hydrogen) atoms. The van der Waals surface area contributed by atoms with Gasteiger partial charge in [0.15, 0.2) is 0 Å². The maximum Gasteiger partial charge on any atom is 0.408 e. The Morgan fingerprint density at radius 1 is 1.18 bits per heavy atom. The van der Waals surface area contributed by atoms with Crippen molar-refractivity contribution < 1.29 is 18.3 Å². The van der Waals surface area contributed by atoms with E-state index >= 15 is 0 Å². The molecule has 1 aliphatic heterocycles. The highest BCUT2D eigenvalue weighted by atomic mass is 79.9. The average molecular weight is 371 g/mol. The zero-order valence-corrected chi connectivity index (χ0v) is 13.2. The Kier molecular flexibility index (Phi) is 5.43. The molecule has 2 atom stereocenters. The van der Waals surface area contributed by atoms with Crippen molar-refractivity contribution in [3.05, 3.63) is 64.4 Å². The summed E-state index contributed by atoms with van der Waals surface area (Å²) in [6, 6.07) is 6.13. The zero-order chi connectivity index (χ0) is 16.1. The number of ether oxygens (including phenoxy) is 1. The molecule has 3 rings (SSSR count). The van der Waals surface area contributed by atoms with Gasteiger partial charge in [-0.3, -0.25) is 4.98 Å². The summed E-state index contributed by atoms with van der Waals surface area (Å²) >= 11 is 3.33. The molecule has 0 radical (unpaired) electrons. The summed E-state index contributed by atoms with van der Waals surface area (Å²) in [6.07, 6.45) is 2.90. The van der Waals surface area contributed by atoms with E-state index in [1.807, 2.05) is 13.0 Å². The van der Waals surface area contributed by atoms with E-state index in [4.69, 9.17) is 4.74 Å². The smallest absolute Gasteiger partial charge is 0.408 e. The van der Waals surface area contributed by atoms with Gasteiger partial charge in [-0.05, 0) is 58.7 Å². The minimum atomic E-state index is -0.411. The quantitative estimate of drug-likeness (QED) is 0.825. The molecular formula is C15H13BrF2N2O2. The number of aromatic nitrogens is 1. The summed E-state index contributed by atoms with van der Waals surface area (Å²) in [5, 5.41) is 2.73. The van der Waals surface area contributed by atoms with Crippen LogP contribution in [-0.4, -0.2) is 17.2 Å². The number of rotatable bonds is 1. The summed E-state index contributed by atoms with van der Waals surface area (Å²) in [5.74, 6) is -0.821. The van der Waals surface area contributed by atoms with E-state index in [9.17, 15) is 13.6 Å². The van der Waals surface area contributed by atoms with Crippen LogP contribution < -0.4 is 5.32 Å². The first-order chi connectivity index (χ1) is 10.5. The van der Waals surface area contributed by atoms with Crippen LogP contribution in [0, 0.1) is 11.6 Å². The van der Waals surface area contributed by atoms with E-state index < -0.39 is 11.6 Å². The van der Waals surface area contributed by atoms with Gasteiger partial charge in [-0.15, -0.1) is 0 Å². The molecule has 1 aliphatic rings. The van der Waals surface area contributed by atoms with E-state index in [0.29, 0.717) is 0 Å². The summed E-state index contributed by atoms with van der Waals surface area (Å²) in [5.41, 5.74) is 0.942. The lowest BCUT2D eigenvalue weighted by Gasteiger charge is -2.12. The van der Waals surface area contributed by atoms with Crippen molar-refractivity contribution in [2.24, 2.45) is 0 Å². The molecule has 0 spiro atoms. The highest BCUT2D eigenvalue weighted by molar-refractivity contribution is 9.10. The molecule has 116 valence electrons. The van der Waals surface area contributed by atoms with Crippen LogP contribution in [0.5, 0.6) is 0 Å². The standard InChI is InChI=1S/C9H9BrN2O2.C6H4F2/c1-5-8(12-9(13)14-5)6-2-7(10)4-11-3-6;7-5-1-2-6(8)4-3-5/h2-5,8H,1H3,(H,12,13);1-4H. The second-order valence-corrected chi connectivity index (χ2v) is 5.52. The van der Waals surface area contributed by atoms with Crippen LogP contribution >= 0.6 is 15.9 Å². The molecule has 1 aromatic carbocycles. The van der Waals surface area contributed by atoms with E-state index in [0.717, 1.165) is 34.3 Å². The molecule has 1 N–H and O–H groups in total. The van der Waals surface area contributed by atoms with Gasteiger partial charge < -0.3 is 10.1 Å². The van der Waals surface area contributed by atoms with Crippen LogP contribution in [0.25, 0.3) is 0 Å². The van der Waals surface area contributed by atoms with Crippen LogP contribution in [0.4, 0.5) is 13.6 Å². The Morgan fingerprint density at radius 2 is 1.77 bits per heavy atom. The van der Waals surface area contributed by atoms with Crippen molar-refractivity contribution in [1.29, 1.82) is 0 Å². The third-order valence-corrected chi connectivity index (χ3v) is 3.36. The number of carbonyl (C=O) groups excluding carboxylic acids is 1. The van der Waals surface area contributed by atoms with Crippen molar-refractivity contribution in [2.75, 3.05) is 0 Å². The molecule has 1 aromatic heterocycles. The molecule has 0 bridgehead atoms. The van der Waals surface area contributed by atoms with Crippen LogP contribution in [0.2, 0.25) is 0 Å². The monoisotopic (exact) mass is 370 g/mol. The lowest BCUT2D eigenvalue weighted by atomic mass is 10.1. The van der Waals surface area contributed by atoms with Crippen molar-refractivity contribution in [3.63, 3.8) is 0 Å². The predicted molar refractivity (Wildman–Crippen MR) is 80.1 cm³/mol. The van der Waals surface area contributed by atoms with Crippen molar-refractivity contribution in [3.8, 4) is 0 Å². The minimum Gasteiger partial charge on any atom is -0.444 e. The van der Waals surface area contributed by atoms with Gasteiger partial charge in [0.2, 0.25) is 0 Å². The highest BCUT2D eigenvalue weighted by Gasteiger charge is 2.31. The van der Waals surface area contributed by atoms with Crippen LogP contribution in [0.1, 0.15) is 18.5 Å². The van der Waals surface area contributed by atoms with Gasteiger partial charge in [-0.25, -0.2) is 13.6 Å². The van der Waals surface area contributed by atoms with Crippen molar-refractivity contribution in [1.82, 2.24) is 10.3 Å². The summed E-state index contributed by atoms with van der Waals surface area (Å²) in [6.45, 7) is 1.85. The number of amides is 1. The number of halogens is 3. The fourth-order valence-corrected chi connectivity index (χ4v) is 2.28. The Labute approximate surface area is 134 Å². The van der Waals surface area contributed by atoms with Gasteiger partial charge in [0.1, 0.15) is 17.7 Å². The molecule has 2 aromatic rings. The van der Waals surface area contributed by atoms with E-state index in [2.05, 4.69) is 26.2 Å². The number of cyclic esters (lactones) is 1. The van der Waals surface area contributed by atoms with Crippen LogP contribution in [0.15, 0.2) is 47.2 Å². The van der Waals surface area contributed by atoms with Gasteiger partial charge in [0, 0.05) is 16.9 Å². The molecule has 0 saturated carbocycles. The number of benzene rings is 1. The van der Waals surface area contributed by atoms with Crippen LogP contribution in [0.3, 0.4) is 0 Å². The first kappa shape index (κ1) is 16.4. The fraction of sp³-hybridized carbons (Fsp3) is 0.200. The summed E-state index contributed by atoms with van der Waals surface area (Å²) < 4.78 is 29.7. The highest BCUT2D eigenvalue weighted by Crippen LogP contribution is 2.25. The fourth-order valence-electron chi connectivity index (χ4n) is 1.90. The van der Waals surface area contributed by atoms with Gasteiger partial charge in [-0.2, -0.15) is 0 Å². The normalized spacial score (nSPS) is 19.7. The first-order valence-electron chi connectivity index (χ1n) is 6.44. The molecular weight excluding hydrogens is 358 g/mol. The zero-order valence-electron chi connectivity index (χ0n) is 11.6. The number of hydrogen-bond donors (Lipinski definition) is 1. The van der Waals surface area contributed by atoms with Gasteiger partial charge >= 0.3 is 6.09 Å². The molecule has 2 unspecified atom stereocenters. The molecule has 7 heteroatoms. The van der Waals surface area contributed by atoms with Crippen LogP contribution in [-0.2, 0) is 4.74 Å². The number of pyridine rings is 1. The molecule has 1 amide bonds. The molecule has 1 fully saturated rings. The predicted octanol–water partition coefficient (Wildman–Crippen LogP) is 3.98. The largest absolute Gasteiger partial charge is 0.444 e. The maximum absolute atomic E-state index is 11.9. The number of nitrogens with zero attached hydrogens (tertiary/aromatic N) is 1. The molecule has 0 aliphatic carbocycles. The van der Waals surface area contributed by atoms with Crippen molar-refractivity contribution in [2.45, 2.75) is 19.1 Å². The number of nitrogens with one attached hydrogen (secondary N) is 1. The Morgan fingerprint density at radius 3 is 2.23 bits per heavy atom. The number of hydrogen-bond acceptors (Lipinski definition) is 3. The van der Waals surface area contributed by atoms with Gasteiger partial charge in [0.05, 0.1) is 6.04 Å². The van der Waals surface area contributed by atoms with E-state index in [-0.39, 0.29) is 18.2 Å². The van der Waals surface area contributed by atoms with E-state index in [1.54, 1.807) is 12.4 Å². The first-order valence-corrected chi connectivity index (χ1v) is 7.23. The average Bonchev–Trinajstić information content (AvgIpc) is 2.82. The molecule has 4 nitrogen and oxygen atoms in total. The van der Waals surface area contributed by atoms with E-state index in [1.165, 1.54) is 0 Å². The van der Waals surface area contributed by atoms with Gasteiger partial charge in [-0.1, -0.05) is 0 Å². The lowest BCUT2D eigenvalue weighted by Crippen LogP contribution is -2.21. The molecule has 1 saturated heterocycles. The SMILES string of the molecule is CC1OC(=O)NC1c1cncc(Br)c1.Fc1ccc(F)cc1. The Hall–Kier alpha value is -2.02. The summed E-state index contributed by atoms with van der Waals surface area (Å²) in [7, 11) is 0. The topological polar surface area (TPSA) is 51.2 Å². The maximum atomic E-state index is 11.9. The van der Waals surface area contributed by atoms with Gasteiger partial charge in [0.25, 0.3) is 0 Å². The lowest BCUT2D eigenvalue weighted by molar-refractivity contribution is 0.141. The number of carbonyl (C=O) groups is 1. The second-order valence-electron chi connectivity index (χ2n) is 4.61. The minimum absolute atomic E-state index is 0.104. The summed E-state index contributed by atoms with van der Waals surface area (Å²) in [4.78, 5) is 15.0.